The van der Waals surface area contributed by atoms with Gasteiger partial charge in [0.05, 0.1) is 11.9 Å². The van der Waals surface area contributed by atoms with Gasteiger partial charge in [0.15, 0.2) is 5.69 Å². The average molecular weight is 389 g/mol. The third kappa shape index (κ3) is 4.56. The Labute approximate surface area is 171 Å². The van der Waals surface area contributed by atoms with Crippen LogP contribution in [0.5, 0.6) is 5.88 Å². The van der Waals surface area contributed by atoms with Gasteiger partial charge in [-0.25, -0.2) is 0 Å². The summed E-state index contributed by atoms with van der Waals surface area (Å²) in [6, 6.07) is 17.3. The summed E-state index contributed by atoms with van der Waals surface area (Å²) in [5, 5.41) is 19.7. The number of rotatable bonds is 6. The molecule has 0 aliphatic heterocycles. The van der Waals surface area contributed by atoms with Gasteiger partial charge in [0.2, 0.25) is 5.88 Å². The predicted octanol–water partition coefficient (Wildman–Crippen LogP) is 6.17. The Morgan fingerprint density at radius 1 is 1.00 bits per heavy atom. The van der Waals surface area contributed by atoms with E-state index in [0.29, 0.717) is 5.69 Å². The van der Waals surface area contributed by atoms with Crippen molar-refractivity contribution in [3.05, 3.63) is 60.2 Å². The van der Waals surface area contributed by atoms with Gasteiger partial charge in [-0.05, 0) is 24.0 Å². The van der Waals surface area contributed by atoms with E-state index in [1.807, 2.05) is 59.2 Å². The van der Waals surface area contributed by atoms with Crippen molar-refractivity contribution < 1.29 is 9.90 Å². The van der Waals surface area contributed by atoms with Crippen LogP contribution in [-0.2, 0) is 17.8 Å². The summed E-state index contributed by atoms with van der Waals surface area (Å²) in [4.78, 5) is 12.2. The fourth-order valence-electron chi connectivity index (χ4n) is 4.30. The van der Waals surface area contributed by atoms with Crippen LogP contribution in [0.1, 0.15) is 44.1 Å². The molecule has 4 rings (SSSR count). The molecule has 1 aliphatic carbocycles. The normalized spacial score (nSPS) is 15.3. The molecule has 1 heterocycles. The molecule has 1 aromatic heterocycles. The molecule has 1 aliphatic rings. The summed E-state index contributed by atoms with van der Waals surface area (Å²) in [6.07, 6.45) is 7.77. The van der Waals surface area contributed by atoms with Crippen molar-refractivity contribution in [2.45, 2.75) is 51.5 Å². The number of carbonyl (C=O) groups excluding carboxylic acids is 1. The molecule has 5 heteroatoms. The lowest BCUT2D eigenvalue weighted by Crippen LogP contribution is -2.09. The number of aromatic hydroxyl groups is 1. The fraction of sp³-hybridized carbons (Fsp3) is 0.375. The number of hydrogen-bond acceptors (Lipinski definition) is 3. The molecule has 1 amide bonds. The SMILES string of the molecule is O=C(Cc1ccccc1)N=Nc1c(O)n(CCC2CCCCC2)c2ccccc12. The number of amides is 1. The van der Waals surface area contributed by atoms with Gasteiger partial charge < -0.3 is 9.67 Å². The first kappa shape index (κ1) is 19.4. The second-order valence-electron chi connectivity index (χ2n) is 7.89. The summed E-state index contributed by atoms with van der Waals surface area (Å²) in [6.45, 7) is 0.754. The van der Waals surface area contributed by atoms with E-state index in [1.165, 1.54) is 32.1 Å². The van der Waals surface area contributed by atoms with E-state index in [9.17, 15) is 9.90 Å². The number of aromatic nitrogens is 1. The highest BCUT2D eigenvalue weighted by Crippen LogP contribution is 2.39. The van der Waals surface area contributed by atoms with E-state index in [2.05, 4.69) is 10.2 Å². The van der Waals surface area contributed by atoms with Gasteiger partial charge in [0.1, 0.15) is 0 Å². The lowest BCUT2D eigenvalue weighted by molar-refractivity contribution is -0.117. The number of fused-ring (bicyclic) bond motifs is 1. The van der Waals surface area contributed by atoms with Crippen LogP contribution in [0.15, 0.2) is 64.8 Å². The first-order chi connectivity index (χ1) is 14.2. The molecule has 29 heavy (non-hydrogen) atoms. The van der Waals surface area contributed by atoms with Crippen LogP contribution in [0.25, 0.3) is 10.9 Å². The van der Waals surface area contributed by atoms with Crippen molar-refractivity contribution in [2.24, 2.45) is 16.1 Å². The zero-order valence-corrected chi connectivity index (χ0v) is 16.6. The monoisotopic (exact) mass is 389 g/mol. The van der Waals surface area contributed by atoms with Gasteiger partial charge >= 0.3 is 0 Å². The Kier molecular flexibility index (Phi) is 6.03. The van der Waals surface area contributed by atoms with Crippen LogP contribution < -0.4 is 0 Å². The van der Waals surface area contributed by atoms with Crippen LogP contribution in [0.2, 0.25) is 0 Å². The first-order valence-electron chi connectivity index (χ1n) is 10.5. The van der Waals surface area contributed by atoms with Crippen LogP contribution in [-0.4, -0.2) is 15.6 Å². The lowest BCUT2D eigenvalue weighted by Gasteiger charge is -2.21. The second-order valence-corrected chi connectivity index (χ2v) is 7.89. The van der Waals surface area contributed by atoms with Gasteiger partial charge in [-0.1, -0.05) is 80.6 Å². The standard InChI is InChI=1S/C24H27N3O2/c28-22(17-19-11-5-2-6-12-19)25-26-23-20-13-7-8-14-21(20)27(24(23)29)16-15-18-9-3-1-4-10-18/h2,5-8,11-14,18,29H,1,3-4,9-10,15-17H2. The highest BCUT2D eigenvalue weighted by Gasteiger charge is 2.19. The summed E-state index contributed by atoms with van der Waals surface area (Å²) in [5.41, 5.74) is 2.21. The number of aryl methyl sites for hydroxylation is 1. The number of para-hydroxylation sites is 1. The quantitative estimate of drug-likeness (QED) is 0.512. The minimum absolute atomic E-state index is 0.0956. The fourth-order valence-corrected chi connectivity index (χ4v) is 4.30. The average Bonchev–Trinajstić information content (AvgIpc) is 3.03. The molecule has 3 aromatic rings. The molecule has 1 N–H and O–H groups in total. The number of hydrogen-bond donors (Lipinski definition) is 1. The largest absolute Gasteiger partial charge is 0.493 e. The summed E-state index contributed by atoms with van der Waals surface area (Å²) >= 11 is 0. The molecule has 2 aromatic carbocycles. The van der Waals surface area contributed by atoms with E-state index in [1.54, 1.807) is 0 Å². The maximum atomic E-state index is 12.2. The van der Waals surface area contributed by atoms with E-state index in [-0.39, 0.29) is 18.2 Å². The van der Waals surface area contributed by atoms with Gasteiger partial charge in [0.25, 0.3) is 5.91 Å². The molecule has 1 saturated carbocycles. The van der Waals surface area contributed by atoms with Crippen molar-refractivity contribution in [2.75, 3.05) is 0 Å². The number of carbonyl (C=O) groups is 1. The van der Waals surface area contributed by atoms with Crippen molar-refractivity contribution in [3.63, 3.8) is 0 Å². The molecule has 1 fully saturated rings. The highest BCUT2D eigenvalue weighted by molar-refractivity contribution is 5.95. The second kappa shape index (κ2) is 9.03. The van der Waals surface area contributed by atoms with Crippen LogP contribution in [0.4, 0.5) is 5.69 Å². The summed E-state index contributed by atoms with van der Waals surface area (Å²) in [5.74, 6) is 0.495. The molecule has 0 atom stereocenters. The van der Waals surface area contributed by atoms with Crippen molar-refractivity contribution in [1.82, 2.24) is 4.57 Å². The summed E-state index contributed by atoms with van der Waals surface area (Å²) in [7, 11) is 0. The molecular weight excluding hydrogens is 362 g/mol. The molecule has 0 bridgehead atoms. The Morgan fingerprint density at radius 3 is 2.52 bits per heavy atom. The zero-order chi connectivity index (χ0) is 20.1. The minimum Gasteiger partial charge on any atom is -0.493 e. The molecule has 0 spiro atoms. The zero-order valence-electron chi connectivity index (χ0n) is 16.6. The van der Waals surface area contributed by atoms with E-state index in [0.717, 1.165) is 35.3 Å². The highest BCUT2D eigenvalue weighted by atomic mass is 16.3. The maximum Gasteiger partial charge on any atom is 0.269 e. The van der Waals surface area contributed by atoms with E-state index >= 15 is 0 Å². The van der Waals surface area contributed by atoms with Crippen molar-refractivity contribution >= 4 is 22.5 Å². The molecule has 0 unspecified atom stereocenters. The van der Waals surface area contributed by atoms with Crippen molar-refractivity contribution in [1.29, 1.82) is 0 Å². The topological polar surface area (TPSA) is 66.9 Å². The maximum absolute atomic E-state index is 12.2. The Hall–Kier alpha value is -2.95. The first-order valence-corrected chi connectivity index (χ1v) is 10.5. The smallest absolute Gasteiger partial charge is 0.269 e. The minimum atomic E-state index is -0.324. The van der Waals surface area contributed by atoms with E-state index < -0.39 is 0 Å². The Balaban J connectivity index is 1.54. The molecule has 150 valence electrons. The molecule has 0 saturated heterocycles. The molecule has 5 nitrogen and oxygen atoms in total. The Morgan fingerprint density at radius 2 is 1.72 bits per heavy atom. The third-order valence-electron chi connectivity index (χ3n) is 5.86. The van der Waals surface area contributed by atoms with Gasteiger partial charge in [-0.3, -0.25) is 4.79 Å². The van der Waals surface area contributed by atoms with E-state index in [4.69, 9.17) is 0 Å². The Bertz CT molecular complexity index is 1000. The lowest BCUT2D eigenvalue weighted by atomic mass is 9.87. The van der Waals surface area contributed by atoms with Crippen LogP contribution >= 0.6 is 0 Å². The van der Waals surface area contributed by atoms with Gasteiger partial charge in [-0.2, -0.15) is 0 Å². The number of azo groups is 1. The van der Waals surface area contributed by atoms with Crippen LogP contribution in [0.3, 0.4) is 0 Å². The number of benzene rings is 2. The van der Waals surface area contributed by atoms with Crippen molar-refractivity contribution in [3.8, 4) is 5.88 Å². The summed E-state index contributed by atoms with van der Waals surface area (Å²) < 4.78 is 1.92. The third-order valence-corrected chi connectivity index (χ3v) is 5.86. The van der Waals surface area contributed by atoms with Gasteiger partial charge in [-0.15, -0.1) is 10.2 Å². The number of nitrogens with zero attached hydrogens (tertiary/aromatic N) is 3. The van der Waals surface area contributed by atoms with Gasteiger partial charge in [0, 0.05) is 11.9 Å². The molecular formula is C24H27N3O2. The predicted molar refractivity (Wildman–Crippen MR) is 114 cm³/mol. The molecule has 0 radical (unpaired) electrons. The van der Waals surface area contributed by atoms with Crippen LogP contribution in [0, 0.1) is 5.92 Å².